The van der Waals surface area contributed by atoms with Gasteiger partial charge in [0, 0.05) is 41.3 Å². The molecule has 3 aromatic heterocycles. The summed E-state index contributed by atoms with van der Waals surface area (Å²) in [5.74, 6) is -0.694. The predicted molar refractivity (Wildman–Crippen MR) is 104 cm³/mol. The first-order valence-electron chi connectivity index (χ1n) is 9.14. The Balaban J connectivity index is 1.66. The third-order valence-electron chi connectivity index (χ3n) is 5.10. The normalized spacial score (nSPS) is 18.6. The highest BCUT2D eigenvalue weighted by Crippen LogP contribution is 2.35. The number of rotatable bonds is 5. The molecule has 1 fully saturated rings. The highest BCUT2D eigenvalue weighted by molar-refractivity contribution is 5.94. The number of hydrogen-bond donors (Lipinski definition) is 1. The highest BCUT2D eigenvalue weighted by Gasteiger charge is 2.38. The monoisotopic (exact) mass is 376 g/mol. The van der Waals surface area contributed by atoms with Crippen LogP contribution in [0.3, 0.4) is 0 Å². The lowest BCUT2D eigenvalue weighted by Crippen LogP contribution is -2.42. The molecular formula is C21H20N4O3. The van der Waals surface area contributed by atoms with Gasteiger partial charge in [0.25, 0.3) is 0 Å². The number of hydrogen-bond acceptors (Lipinski definition) is 6. The van der Waals surface area contributed by atoms with Crippen LogP contribution in [0.15, 0.2) is 36.8 Å². The molecular weight excluding hydrogens is 356 g/mol. The molecule has 2 N–H and O–H groups in total. The first-order chi connectivity index (χ1) is 13.5. The number of nitrogens with zero attached hydrogens (tertiary/aromatic N) is 3. The average molecular weight is 376 g/mol. The van der Waals surface area contributed by atoms with E-state index in [9.17, 15) is 9.59 Å². The topological polar surface area (TPSA) is 108 Å². The molecule has 0 aliphatic carbocycles. The Morgan fingerprint density at radius 3 is 2.50 bits per heavy atom. The fraction of sp³-hybridized carbons (Fsp3) is 0.286. The van der Waals surface area contributed by atoms with Gasteiger partial charge < -0.3 is 10.5 Å². The lowest BCUT2D eigenvalue weighted by atomic mass is 9.93. The van der Waals surface area contributed by atoms with Crippen LogP contribution in [0, 0.1) is 12.8 Å². The Labute approximate surface area is 162 Å². The van der Waals surface area contributed by atoms with Crippen molar-refractivity contribution >= 4 is 22.5 Å². The van der Waals surface area contributed by atoms with Gasteiger partial charge in [-0.05, 0) is 30.7 Å². The van der Waals surface area contributed by atoms with E-state index in [1.807, 2.05) is 26.0 Å². The summed E-state index contributed by atoms with van der Waals surface area (Å²) in [6.07, 6.45) is 5.23. The molecule has 4 heterocycles. The van der Waals surface area contributed by atoms with E-state index in [1.54, 1.807) is 24.7 Å². The van der Waals surface area contributed by atoms with Gasteiger partial charge in [-0.2, -0.15) is 0 Å². The predicted octanol–water partition coefficient (Wildman–Crippen LogP) is 2.77. The Bertz CT molecular complexity index is 1100. The third-order valence-corrected chi connectivity index (χ3v) is 5.10. The molecule has 0 aromatic carbocycles. The summed E-state index contributed by atoms with van der Waals surface area (Å²) in [5, 5.41) is 1.81. The Morgan fingerprint density at radius 1 is 1.11 bits per heavy atom. The van der Waals surface area contributed by atoms with Crippen molar-refractivity contribution in [3.8, 4) is 11.3 Å². The van der Waals surface area contributed by atoms with Gasteiger partial charge in [-0.3, -0.25) is 24.5 Å². The zero-order valence-electron chi connectivity index (χ0n) is 15.7. The summed E-state index contributed by atoms with van der Waals surface area (Å²) in [6.45, 7) is 4.09. The molecule has 0 spiro atoms. The molecule has 2 atom stereocenters. The van der Waals surface area contributed by atoms with Gasteiger partial charge in [0.15, 0.2) is 5.78 Å². The summed E-state index contributed by atoms with van der Waals surface area (Å²) in [5.41, 5.74) is 9.11. The van der Waals surface area contributed by atoms with Gasteiger partial charge in [0.2, 0.25) is 5.91 Å². The van der Waals surface area contributed by atoms with Crippen LogP contribution in [0.2, 0.25) is 0 Å². The number of ketones is 1. The van der Waals surface area contributed by atoms with Crippen LogP contribution in [-0.4, -0.2) is 33.2 Å². The lowest BCUT2D eigenvalue weighted by Gasteiger charge is -2.34. The fourth-order valence-electron chi connectivity index (χ4n) is 3.33. The molecule has 0 bridgehead atoms. The van der Waals surface area contributed by atoms with Crippen molar-refractivity contribution in [2.75, 3.05) is 6.61 Å². The Hall–Kier alpha value is -3.19. The second-order valence-corrected chi connectivity index (χ2v) is 6.95. The number of pyridine rings is 3. The maximum absolute atomic E-state index is 11.8. The largest absolute Gasteiger partial charge is 0.370 e. The highest BCUT2D eigenvalue weighted by atomic mass is 16.5. The van der Waals surface area contributed by atoms with Crippen molar-refractivity contribution in [3.63, 3.8) is 0 Å². The molecule has 0 radical (unpaired) electrons. The summed E-state index contributed by atoms with van der Waals surface area (Å²) in [6, 6.07) is 5.61. The van der Waals surface area contributed by atoms with Gasteiger partial charge in [-0.25, -0.2) is 0 Å². The number of carbonyl (C=O) groups excluding carboxylic acids is 2. The molecule has 1 amide bonds. The van der Waals surface area contributed by atoms with Crippen molar-refractivity contribution in [2.45, 2.75) is 26.4 Å². The molecule has 142 valence electrons. The number of ether oxygens (including phenoxy) is 1. The van der Waals surface area contributed by atoms with E-state index in [-0.39, 0.29) is 17.6 Å². The maximum atomic E-state index is 11.8. The smallest absolute Gasteiger partial charge is 0.225 e. The summed E-state index contributed by atoms with van der Waals surface area (Å²) in [7, 11) is 0. The molecule has 4 rings (SSSR count). The molecule has 28 heavy (non-hydrogen) atoms. The van der Waals surface area contributed by atoms with Crippen molar-refractivity contribution in [1.29, 1.82) is 0 Å². The minimum atomic E-state index is -0.392. The number of carbonyl (C=O) groups is 2. The number of aromatic nitrogens is 3. The van der Waals surface area contributed by atoms with Crippen LogP contribution in [0.25, 0.3) is 22.0 Å². The Kier molecular flexibility index (Phi) is 4.60. The molecule has 0 saturated carbocycles. The first-order valence-corrected chi connectivity index (χ1v) is 9.14. The minimum absolute atomic E-state index is 0.0188. The molecule has 7 heteroatoms. The van der Waals surface area contributed by atoms with Gasteiger partial charge in [0.1, 0.15) is 11.8 Å². The zero-order valence-corrected chi connectivity index (χ0v) is 15.7. The van der Waals surface area contributed by atoms with Crippen LogP contribution in [0.5, 0.6) is 0 Å². The van der Waals surface area contributed by atoms with Crippen molar-refractivity contribution in [3.05, 3.63) is 53.7 Å². The van der Waals surface area contributed by atoms with Crippen molar-refractivity contribution in [2.24, 2.45) is 11.7 Å². The number of Topliss-reactive ketones (excluding diaryl/α,β-unsaturated/α-hetero) is 1. The molecule has 1 saturated heterocycles. The first kappa shape index (κ1) is 18.2. The molecule has 7 nitrogen and oxygen atoms in total. The van der Waals surface area contributed by atoms with Gasteiger partial charge in [-0.15, -0.1) is 0 Å². The lowest BCUT2D eigenvalue weighted by molar-refractivity contribution is -0.155. The van der Waals surface area contributed by atoms with Crippen LogP contribution < -0.4 is 5.73 Å². The van der Waals surface area contributed by atoms with Crippen LogP contribution in [-0.2, 0) is 9.53 Å². The maximum Gasteiger partial charge on any atom is 0.225 e. The van der Waals surface area contributed by atoms with Gasteiger partial charge in [0.05, 0.1) is 23.9 Å². The summed E-state index contributed by atoms with van der Waals surface area (Å²) >= 11 is 0. The van der Waals surface area contributed by atoms with Gasteiger partial charge in [-0.1, -0.05) is 6.92 Å². The van der Waals surface area contributed by atoms with Crippen molar-refractivity contribution in [1.82, 2.24) is 15.0 Å². The number of amides is 1. The van der Waals surface area contributed by atoms with E-state index >= 15 is 0 Å². The third kappa shape index (κ3) is 3.14. The van der Waals surface area contributed by atoms with Gasteiger partial charge >= 0.3 is 0 Å². The van der Waals surface area contributed by atoms with E-state index in [1.165, 1.54) is 0 Å². The summed E-state index contributed by atoms with van der Waals surface area (Å²) < 4.78 is 5.47. The quantitative estimate of drug-likeness (QED) is 0.686. The Morgan fingerprint density at radius 2 is 1.86 bits per heavy atom. The van der Waals surface area contributed by atoms with E-state index in [0.717, 1.165) is 27.6 Å². The standard InChI is InChI=1S/C21H20N4O3/c1-3-19(26)17-4-11(2)14(9-25-17)16-5-12-8-24-18(6-13(12)7-23-16)20-15(10-28-20)21(22)27/h4-9,15,20H,3,10H2,1-2H3,(H2,22,27). The van der Waals surface area contributed by atoms with E-state index in [4.69, 9.17) is 10.5 Å². The van der Waals surface area contributed by atoms with E-state index in [2.05, 4.69) is 15.0 Å². The van der Waals surface area contributed by atoms with Crippen LogP contribution in [0.4, 0.5) is 0 Å². The number of primary amides is 1. The number of aryl methyl sites for hydroxylation is 1. The number of fused-ring (bicyclic) bond motifs is 1. The van der Waals surface area contributed by atoms with Crippen LogP contribution in [0.1, 0.15) is 41.2 Å². The minimum Gasteiger partial charge on any atom is -0.370 e. The molecule has 2 unspecified atom stereocenters. The average Bonchev–Trinajstić information content (AvgIpc) is 2.65. The van der Waals surface area contributed by atoms with Crippen molar-refractivity contribution < 1.29 is 14.3 Å². The molecule has 1 aliphatic rings. The zero-order chi connectivity index (χ0) is 19.8. The second kappa shape index (κ2) is 7.09. The second-order valence-electron chi connectivity index (χ2n) is 6.95. The van der Waals surface area contributed by atoms with E-state index in [0.29, 0.717) is 24.4 Å². The van der Waals surface area contributed by atoms with Crippen LogP contribution >= 0.6 is 0 Å². The summed E-state index contributed by atoms with van der Waals surface area (Å²) in [4.78, 5) is 36.5. The molecule has 3 aromatic rings. The number of nitrogens with two attached hydrogens (primary N) is 1. The van der Waals surface area contributed by atoms with E-state index < -0.39 is 6.10 Å². The molecule has 1 aliphatic heterocycles. The SMILES string of the molecule is CCC(=O)c1cc(C)c(-c2cc3cnc(C4OCC4C(N)=O)cc3cn2)cn1. The fourth-order valence-corrected chi connectivity index (χ4v) is 3.33.